The highest BCUT2D eigenvalue weighted by atomic mass is 35.5. The van der Waals surface area contributed by atoms with Crippen molar-refractivity contribution in [3.63, 3.8) is 0 Å². The molecule has 5 rings (SSSR count). The molecule has 3 aromatic rings. The van der Waals surface area contributed by atoms with E-state index in [9.17, 15) is 4.79 Å². The number of para-hydroxylation sites is 1. The first-order valence-electron chi connectivity index (χ1n) is 11.6. The van der Waals surface area contributed by atoms with Crippen molar-refractivity contribution in [1.29, 1.82) is 0 Å². The highest BCUT2D eigenvalue weighted by Gasteiger charge is 2.22. The zero-order valence-electron chi connectivity index (χ0n) is 18.9. The summed E-state index contributed by atoms with van der Waals surface area (Å²) in [6.07, 6.45) is 1.06. The van der Waals surface area contributed by atoms with Gasteiger partial charge in [0.25, 0.3) is 5.91 Å². The van der Waals surface area contributed by atoms with Crippen LogP contribution in [0.3, 0.4) is 0 Å². The number of hydrogen-bond acceptors (Lipinski definition) is 5. The van der Waals surface area contributed by atoms with Crippen LogP contribution < -0.4 is 15.1 Å². The number of aryl methyl sites for hydroxylation is 1. The van der Waals surface area contributed by atoms with Gasteiger partial charge < -0.3 is 15.1 Å². The van der Waals surface area contributed by atoms with E-state index < -0.39 is 0 Å². The molecule has 1 fully saturated rings. The fourth-order valence-electron chi connectivity index (χ4n) is 4.71. The van der Waals surface area contributed by atoms with Crippen LogP contribution in [-0.2, 0) is 6.42 Å². The van der Waals surface area contributed by atoms with E-state index in [-0.39, 0.29) is 5.91 Å². The molecule has 3 heterocycles. The lowest BCUT2D eigenvalue weighted by molar-refractivity contribution is 0.0952. The molecule has 1 N–H and O–H groups in total. The molecule has 1 amide bonds. The summed E-state index contributed by atoms with van der Waals surface area (Å²) in [4.78, 5) is 20.6. The zero-order chi connectivity index (χ0) is 22.8. The third-order valence-electron chi connectivity index (χ3n) is 6.57. The lowest BCUT2D eigenvalue weighted by Gasteiger charge is -2.36. The third kappa shape index (κ3) is 4.88. The Bertz CT molecular complexity index is 1140. The van der Waals surface area contributed by atoms with Gasteiger partial charge >= 0.3 is 0 Å². The van der Waals surface area contributed by atoms with Gasteiger partial charge in [-0.1, -0.05) is 35.9 Å². The normalized spacial score (nSPS) is 16.2. The van der Waals surface area contributed by atoms with Gasteiger partial charge in [-0.05, 0) is 54.8 Å². The highest BCUT2D eigenvalue weighted by Crippen LogP contribution is 2.38. The number of nitrogens with zero attached hydrogens (tertiary/aromatic N) is 3. The Morgan fingerprint density at radius 1 is 1.00 bits per heavy atom. The van der Waals surface area contributed by atoms with Crippen LogP contribution in [0.5, 0.6) is 0 Å². The average molecular weight is 481 g/mol. The molecule has 0 radical (unpaired) electrons. The molecule has 0 aliphatic carbocycles. The number of hydrogen-bond donors (Lipinski definition) is 1. The van der Waals surface area contributed by atoms with Gasteiger partial charge in [0.15, 0.2) is 0 Å². The zero-order valence-corrected chi connectivity index (χ0v) is 20.5. The van der Waals surface area contributed by atoms with E-state index in [0.717, 1.165) is 60.6 Å². The van der Waals surface area contributed by atoms with E-state index in [4.69, 9.17) is 11.6 Å². The van der Waals surface area contributed by atoms with Crippen molar-refractivity contribution in [2.75, 3.05) is 55.6 Å². The van der Waals surface area contributed by atoms with E-state index in [1.54, 1.807) is 11.3 Å². The minimum Gasteiger partial charge on any atom is -0.369 e. The molecule has 2 aliphatic heterocycles. The summed E-state index contributed by atoms with van der Waals surface area (Å²) in [7, 11) is 0. The highest BCUT2D eigenvalue weighted by molar-refractivity contribution is 7.18. The van der Waals surface area contributed by atoms with Crippen molar-refractivity contribution in [2.24, 2.45) is 0 Å². The molecular weight excluding hydrogens is 452 g/mol. The number of amides is 1. The van der Waals surface area contributed by atoms with Gasteiger partial charge in [0.05, 0.1) is 9.88 Å². The molecule has 0 atom stereocenters. The molecule has 33 heavy (non-hydrogen) atoms. The Labute approximate surface area is 204 Å². The number of fused-ring (bicyclic) bond motifs is 1. The second-order valence-electron chi connectivity index (χ2n) is 8.68. The third-order valence-corrected chi connectivity index (χ3v) is 7.91. The summed E-state index contributed by atoms with van der Waals surface area (Å²) in [5, 5.41) is 5.03. The molecule has 2 aliphatic rings. The molecule has 1 saturated heterocycles. The van der Waals surface area contributed by atoms with Crippen LogP contribution in [0.2, 0.25) is 5.02 Å². The molecule has 172 valence electrons. The number of benzene rings is 2. The number of carbonyl (C=O) groups is 1. The quantitative estimate of drug-likeness (QED) is 0.541. The van der Waals surface area contributed by atoms with Gasteiger partial charge in [-0.2, -0.15) is 0 Å². The Balaban J connectivity index is 1.09. The minimum atomic E-state index is 0.0203. The summed E-state index contributed by atoms with van der Waals surface area (Å²) < 4.78 is 0. The summed E-state index contributed by atoms with van der Waals surface area (Å²) >= 11 is 7.77. The van der Waals surface area contributed by atoms with E-state index >= 15 is 0 Å². The fraction of sp³-hybridized carbons (Fsp3) is 0.346. The maximum Gasteiger partial charge on any atom is 0.261 e. The number of thiophene rings is 1. The predicted octanol–water partition coefficient (Wildman–Crippen LogP) is 4.96. The van der Waals surface area contributed by atoms with Crippen LogP contribution in [0.25, 0.3) is 0 Å². The maximum absolute atomic E-state index is 12.7. The monoisotopic (exact) mass is 480 g/mol. The Morgan fingerprint density at radius 2 is 1.82 bits per heavy atom. The van der Waals surface area contributed by atoms with Crippen LogP contribution >= 0.6 is 22.9 Å². The molecule has 1 aromatic heterocycles. The van der Waals surface area contributed by atoms with Crippen molar-refractivity contribution < 1.29 is 4.79 Å². The van der Waals surface area contributed by atoms with Crippen LogP contribution in [0.15, 0.2) is 54.6 Å². The minimum absolute atomic E-state index is 0.0203. The first kappa shape index (κ1) is 22.3. The molecule has 0 saturated carbocycles. The molecular formula is C26H29ClN4OS. The largest absolute Gasteiger partial charge is 0.369 e. The number of anilines is 3. The Kier molecular flexibility index (Phi) is 6.58. The van der Waals surface area contributed by atoms with Gasteiger partial charge in [0.1, 0.15) is 0 Å². The van der Waals surface area contributed by atoms with E-state index in [1.165, 1.54) is 22.5 Å². The second-order valence-corrected chi connectivity index (χ2v) is 10.2. The molecule has 5 nitrogen and oxygen atoms in total. The molecule has 7 heteroatoms. The van der Waals surface area contributed by atoms with Crippen molar-refractivity contribution in [3.05, 3.63) is 75.6 Å². The van der Waals surface area contributed by atoms with E-state index in [2.05, 4.69) is 69.4 Å². The van der Waals surface area contributed by atoms with Crippen molar-refractivity contribution in [2.45, 2.75) is 13.3 Å². The lowest BCUT2D eigenvalue weighted by atomic mass is 10.1. The van der Waals surface area contributed by atoms with Crippen LogP contribution in [-0.4, -0.2) is 56.6 Å². The van der Waals surface area contributed by atoms with Crippen molar-refractivity contribution in [3.8, 4) is 0 Å². The second kappa shape index (κ2) is 9.75. The number of rotatable bonds is 6. The topological polar surface area (TPSA) is 38.8 Å². The Morgan fingerprint density at radius 3 is 2.67 bits per heavy atom. The summed E-state index contributed by atoms with van der Waals surface area (Å²) in [5.41, 5.74) is 5.12. The number of piperazine rings is 1. The number of carbonyl (C=O) groups excluding carboxylic acids is 1. The molecule has 0 spiro atoms. The molecule has 0 unspecified atom stereocenters. The predicted molar refractivity (Wildman–Crippen MR) is 139 cm³/mol. The number of halogens is 1. The van der Waals surface area contributed by atoms with Crippen LogP contribution in [0.4, 0.5) is 16.4 Å². The molecule has 0 bridgehead atoms. The van der Waals surface area contributed by atoms with Crippen molar-refractivity contribution >= 4 is 45.2 Å². The summed E-state index contributed by atoms with van der Waals surface area (Å²) in [6, 6.07) is 18.6. The van der Waals surface area contributed by atoms with Crippen LogP contribution in [0.1, 0.15) is 20.8 Å². The van der Waals surface area contributed by atoms with E-state index in [0.29, 0.717) is 6.54 Å². The lowest BCUT2D eigenvalue weighted by Crippen LogP contribution is -2.48. The van der Waals surface area contributed by atoms with Gasteiger partial charge in [-0.3, -0.25) is 9.69 Å². The first-order valence-corrected chi connectivity index (χ1v) is 12.7. The standard InChI is InChI=1S/C26H29ClN4OS/c1-19-6-7-21(27)18-23(19)30-16-14-29(15-17-30)13-11-28-26(32)24-8-9-25(33-24)31-12-10-20-4-2-3-5-22(20)31/h2-9,18H,10-17H2,1H3,(H,28,32). The van der Waals surface area contributed by atoms with E-state index in [1.807, 2.05) is 12.1 Å². The number of nitrogens with one attached hydrogen (secondary N) is 1. The van der Waals surface area contributed by atoms with Gasteiger partial charge in [0, 0.05) is 62.2 Å². The fourth-order valence-corrected chi connectivity index (χ4v) is 5.84. The summed E-state index contributed by atoms with van der Waals surface area (Å²) in [6.45, 7) is 8.55. The van der Waals surface area contributed by atoms with Gasteiger partial charge in [0.2, 0.25) is 0 Å². The first-order chi connectivity index (χ1) is 16.1. The average Bonchev–Trinajstić information content (AvgIpc) is 3.48. The van der Waals surface area contributed by atoms with Crippen LogP contribution in [0, 0.1) is 6.92 Å². The maximum atomic E-state index is 12.7. The van der Waals surface area contributed by atoms with Crippen molar-refractivity contribution in [1.82, 2.24) is 10.2 Å². The smallest absolute Gasteiger partial charge is 0.261 e. The Hall–Kier alpha value is -2.54. The van der Waals surface area contributed by atoms with Gasteiger partial charge in [-0.25, -0.2) is 0 Å². The molecule has 2 aromatic carbocycles. The van der Waals surface area contributed by atoms with Gasteiger partial charge in [-0.15, -0.1) is 11.3 Å². The summed E-state index contributed by atoms with van der Waals surface area (Å²) in [5.74, 6) is 0.0203. The SMILES string of the molecule is Cc1ccc(Cl)cc1N1CCN(CCNC(=O)c2ccc(N3CCc4ccccc43)s2)CC1.